The van der Waals surface area contributed by atoms with Crippen molar-refractivity contribution in [3.8, 4) is 17.2 Å². The van der Waals surface area contributed by atoms with E-state index in [9.17, 15) is 14.4 Å². The molecule has 5 aliphatic rings. The fraction of sp³-hybridized carbons (Fsp3) is 0.515. The lowest BCUT2D eigenvalue weighted by molar-refractivity contribution is -0.190. The number of furan rings is 1. The van der Waals surface area contributed by atoms with Gasteiger partial charge in [0.05, 0.1) is 38.4 Å². The summed E-state index contributed by atoms with van der Waals surface area (Å²) >= 11 is 0. The van der Waals surface area contributed by atoms with Crippen molar-refractivity contribution >= 4 is 17.7 Å². The van der Waals surface area contributed by atoms with Crippen molar-refractivity contribution in [3.63, 3.8) is 0 Å². The number of fused-ring (bicyclic) bond motifs is 4. The molecule has 2 aromatic heterocycles. The second-order valence-electron chi connectivity index (χ2n) is 13.0. The van der Waals surface area contributed by atoms with E-state index in [2.05, 4.69) is 18.8 Å². The third kappa shape index (κ3) is 3.23. The van der Waals surface area contributed by atoms with E-state index in [0.29, 0.717) is 12.3 Å². The highest BCUT2D eigenvalue weighted by Crippen LogP contribution is 2.72. The van der Waals surface area contributed by atoms with Crippen molar-refractivity contribution in [3.05, 3.63) is 59.5 Å². The molecule has 7 rings (SSSR count). The number of hydrogen-bond donors (Lipinski definition) is 0. The lowest BCUT2D eigenvalue weighted by atomic mass is 9.42. The van der Waals surface area contributed by atoms with Crippen molar-refractivity contribution in [2.24, 2.45) is 28.1 Å². The molecule has 9 heteroatoms. The molecule has 1 saturated carbocycles. The molecular weight excluding hydrogens is 538 g/mol. The Hall–Kier alpha value is -3.72. The van der Waals surface area contributed by atoms with Crippen molar-refractivity contribution in [2.75, 3.05) is 14.2 Å². The van der Waals surface area contributed by atoms with Crippen LogP contribution in [0.15, 0.2) is 58.4 Å². The van der Waals surface area contributed by atoms with E-state index < -0.39 is 46.3 Å². The van der Waals surface area contributed by atoms with E-state index >= 15 is 0 Å². The summed E-state index contributed by atoms with van der Waals surface area (Å²) in [4.78, 5) is 44.6. The number of ether oxygens (including phenoxy) is 4. The number of rotatable bonds is 5. The fourth-order valence-electron chi connectivity index (χ4n) is 9.37. The van der Waals surface area contributed by atoms with Gasteiger partial charge in [-0.15, -0.1) is 0 Å². The number of carbonyl (C=O) groups is 3. The summed E-state index contributed by atoms with van der Waals surface area (Å²) in [5.74, 6) is -0.539. The smallest absolute Gasteiger partial charge is 0.316 e. The minimum atomic E-state index is -1.04. The van der Waals surface area contributed by atoms with Crippen LogP contribution in [0.5, 0.6) is 5.88 Å². The normalized spacial score (nSPS) is 39.6. The van der Waals surface area contributed by atoms with Gasteiger partial charge in [0.1, 0.15) is 18.0 Å². The highest BCUT2D eigenvalue weighted by atomic mass is 16.6. The van der Waals surface area contributed by atoms with Gasteiger partial charge in [-0.2, -0.15) is 0 Å². The maximum atomic E-state index is 13.9. The molecule has 3 aliphatic carbocycles. The molecule has 0 spiro atoms. The Morgan fingerprint density at radius 1 is 1.12 bits per heavy atom. The Morgan fingerprint density at radius 3 is 2.60 bits per heavy atom. The predicted molar refractivity (Wildman–Crippen MR) is 149 cm³/mol. The second kappa shape index (κ2) is 8.89. The van der Waals surface area contributed by atoms with Crippen LogP contribution in [0, 0.1) is 28.1 Å². The van der Waals surface area contributed by atoms with Crippen molar-refractivity contribution < 1.29 is 37.7 Å². The summed E-state index contributed by atoms with van der Waals surface area (Å²) in [6, 6.07) is 5.70. The molecule has 3 fully saturated rings. The maximum absolute atomic E-state index is 13.9. The standard InChI is InChI=1S/C33H35NO8/c1-16-19(18-10-12-40-26(18)17-7-8-23(38-5)34-15-17)13-20-25(16)33(4)21(14-24(36)39-6)32(3)22(35)9-11-31(2)28(32)27(29(33)41-20)42-30(31)37/h7-12,15,19-21,27-29H,13-14H2,1-6H3/t19-,20-,21-,27-,28+,29-,31-,32+,33-/m1/s1. The van der Waals surface area contributed by atoms with E-state index in [1.807, 2.05) is 26.0 Å². The minimum Gasteiger partial charge on any atom is -0.481 e. The molecule has 2 saturated heterocycles. The van der Waals surface area contributed by atoms with Gasteiger partial charge in [0.25, 0.3) is 0 Å². The first kappa shape index (κ1) is 27.1. The first-order valence-electron chi connectivity index (χ1n) is 14.5. The van der Waals surface area contributed by atoms with Crippen molar-refractivity contribution in [1.82, 2.24) is 4.98 Å². The molecule has 0 aromatic carbocycles. The first-order chi connectivity index (χ1) is 20.0. The van der Waals surface area contributed by atoms with Crippen LogP contribution in [0.3, 0.4) is 0 Å². The molecule has 9 atom stereocenters. The van der Waals surface area contributed by atoms with E-state index in [1.165, 1.54) is 13.2 Å². The Kier molecular flexibility index (Phi) is 5.75. The first-order valence-corrected chi connectivity index (χ1v) is 14.5. The van der Waals surface area contributed by atoms with E-state index in [1.54, 1.807) is 31.7 Å². The number of pyridine rings is 1. The highest BCUT2D eigenvalue weighted by Gasteiger charge is 2.77. The van der Waals surface area contributed by atoms with Crippen LogP contribution < -0.4 is 4.74 Å². The van der Waals surface area contributed by atoms with Crippen LogP contribution in [-0.4, -0.2) is 55.2 Å². The third-order valence-corrected chi connectivity index (χ3v) is 11.2. The topological polar surface area (TPSA) is 114 Å². The Bertz CT molecular complexity index is 1570. The number of nitrogens with zero attached hydrogens (tertiary/aromatic N) is 1. The van der Waals surface area contributed by atoms with Gasteiger partial charge in [0.15, 0.2) is 5.78 Å². The number of hydrogen-bond acceptors (Lipinski definition) is 9. The number of carbonyl (C=O) groups excluding carboxylic acids is 3. The summed E-state index contributed by atoms with van der Waals surface area (Å²) in [7, 11) is 2.94. The van der Waals surface area contributed by atoms with Gasteiger partial charge in [-0.1, -0.05) is 25.5 Å². The third-order valence-electron chi connectivity index (χ3n) is 11.2. The predicted octanol–water partition coefficient (Wildman–Crippen LogP) is 4.81. The molecular formula is C33H35NO8. The fourth-order valence-corrected chi connectivity index (χ4v) is 9.37. The summed E-state index contributed by atoms with van der Waals surface area (Å²) in [5.41, 5.74) is 1.28. The van der Waals surface area contributed by atoms with Gasteiger partial charge in [-0.05, 0) is 50.0 Å². The largest absolute Gasteiger partial charge is 0.481 e. The number of allylic oxidation sites excluding steroid dienone is 2. The average Bonchev–Trinajstić information content (AvgIpc) is 3.72. The summed E-state index contributed by atoms with van der Waals surface area (Å²) in [5, 5.41) is 0. The van der Waals surface area contributed by atoms with Gasteiger partial charge in [-0.25, -0.2) is 4.98 Å². The number of methoxy groups -OCH3 is 2. The SMILES string of the molecule is COC(=O)C[C@H]1[C@]2(C)C3=C(C)[C@H](c4ccoc4-c4ccc(OC)nc4)C[C@H]3O[C@@H]2[C@@H]2OC(=O)[C@]3(C)C=CC(=O)[C@@]1(C)[C@@H]23. The molecule has 220 valence electrons. The molecule has 4 heterocycles. The molecule has 9 nitrogen and oxygen atoms in total. The average molecular weight is 574 g/mol. The number of esters is 2. The maximum Gasteiger partial charge on any atom is 0.316 e. The van der Waals surface area contributed by atoms with E-state index in [0.717, 1.165) is 28.0 Å². The molecule has 0 unspecified atom stereocenters. The van der Waals surface area contributed by atoms with Crippen LogP contribution >= 0.6 is 0 Å². The van der Waals surface area contributed by atoms with Crippen LogP contribution in [0.1, 0.15) is 52.0 Å². The zero-order valence-corrected chi connectivity index (χ0v) is 24.6. The van der Waals surface area contributed by atoms with Gasteiger partial charge in [0.2, 0.25) is 5.88 Å². The van der Waals surface area contributed by atoms with Crippen molar-refractivity contribution in [2.45, 2.75) is 64.8 Å². The Morgan fingerprint density at radius 2 is 1.90 bits per heavy atom. The van der Waals surface area contributed by atoms with E-state index in [4.69, 9.17) is 23.4 Å². The van der Waals surface area contributed by atoms with Gasteiger partial charge < -0.3 is 23.4 Å². The number of aromatic nitrogens is 1. The number of ketones is 1. The Labute approximate surface area is 244 Å². The van der Waals surface area contributed by atoms with Gasteiger partial charge >= 0.3 is 11.9 Å². The van der Waals surface area contributed by atoms with Crippen LogP contribution in [0.25, 0.3) is 11.3 Å². The summed E-state index contributed by atoms with van der Waals surface area (Å²) < 4.78 is 29.4. The molecule has 0 radical (unpaired) electrons. The summed E-state index contributed by atoms with van der Waals surface area (Å²) in [6.07, 6.45) is 5.94. The molecule has 2 aliphatic heterocycles. The van der Waals surface area contributed by atoms with Gasteiger partial charge in [-0.3, -0.25) is 14.4 Å². The molecule has 0 amide bonds. The zero-order valence-electron chi connectivity index (χ0n) is 24.6. The van der Waals surface area contributed by atoms with Gasteiger partial charge in [0, 0.05) is 46.1 Å². The van der Waals surface area contributed by atoms with Crippen LogP contribution in [-0.2, 0) is 28.6 Å². The Balaban J connectivity index is 1.37. The van der Waals surface area contributed by atoms with Crippen LogP contribution in [0.2, 0.25) is 0 Å². The van der Waals surface area contributed by atoms with Crippen LogP contribution in [0.4, 0.5) is 0 Å². The highest BCUT2D eigenvalue weighted by molar-refractivity contribution is 6.00. The minimum absolute atomic E-state index is 0.0127. The molecule has 42 heavy (non-hydrogen) atoms. The van der Waals surface area contributed by atoms with Crippen molar-refractivity contribution in [1.29, 1.82) is 0 Å². The summed E-state index contributed by atoms with van der Waals surface area (Å²) in [6.45, 7) is 7.94. The lowest BCUT2D eigenvalue weighted by Gasteiger charge is -2.59. The zero-order chi connectivity index (χ0) is 29.8. The molecule has 0 N–H and O–H groups in total. The molecule has 2 aromatic rings. The second-order valence-corrected chi connectivity index (χ2v) is 13.0. The monoisotopic (exact) mass is 573 g/mol. The lowest BCUT2D eigenvalue weighted by Crippen LogP contribution is -2.66. The quantitative estimate of drug-likeness (QED) is 0.367. The molecule has 0 bridgehead atoms. The van der Waals surface area contributed by atoms with E-state index in [-0.39, 0.29) is 30.2 Å².